The lowest BCUT2D eigenvalue weighted by Gasteiger charge is -2.23. The molecule has 0 amide bonds. The van der Waals surface area contributed by atoms with Crippen molar-refractivity contribution < 1.29 is 9.90 Å². The number of imidazole rings is 1. The van der Waals surface area contributed by atoms with Gasteiger partial charge < -0.3 is 15.8 Å². The number of likely N-dealkylation sites (N-methyl/N-ethyl adjacent to an activating group) is 1. The number of hydrogen-bond acceptors (Lipinski definition) is 6. The number of aliphatic carboxylic acids is 1. The van der Waals surface area contributed by atoms with Gasteiger partial charge in [-0.2, -0.15) is 0 Å². The number of carbonyl (C=O) groups is 1. The van der Waals surface area contributed by atoms with E-state index >= 15 is 0 Å². The summed E-state index contributed by atoms with van der Waals surface area (Å²) in [5, 5.41) is 11.8. The number of rotatable bonds is 7. The number of aromatic amines is 1. The van der Waals surface area contributed by atoms with Crippen molar-refractivity contribution in [2.75, 3.05) is 20.1 Å². The van der Waals surface area contributed by atoms with Crippen LogP contribution >= 0.6 is 11.3 Å². The molecule has 0 fully saturated rings. The number of carboxylic acids is 1. The predicted octanol–water partition coefficient (Wildman–Crippen LogP) is 0.473. The molecule has 2 heterocycles. The summed E-state index contributed by atoms with van der Waals surface area (Å²) in [4.78, 5) is 24.2. The van der Waals surface area contributed by atoms with Gasteiger partial charge in [0, 0.05) is 18.0 Å². The lowest BCUT2D eigenvalue weighted by atomic mass is 10.2. The predicted molar refractivity (Wildman–Crippen MR) is 75.6 cm³/mol. The average Bonchev–Trinajstić information content (AvgIpc) is 3.01. The first-order valence-corrected chi connectivity index (χ1v) is 7.04. The number of nitrogens with one attached hydrogen (secondary N) is 1. The smallest absolute Gasteiger partial charge is 0.317 e. The van der Waals surface area contributed by atoms with Crippen LogP contribution in [0, 0.1) is 0 Å². The Morgan fingerprint density at radius 2 is 2.45 bits per heavy atom. The van der Waals surface area contributed by atoms with Gasteiger partial charge in [-0.3, -0.25) is 9.69 Å². The Morgan fingerprint density at radius 3 is 3.05 bits per heavy atom. The van der Waals surface area contributed by atoms with Crippen LogP contribution in [0.4, 0.5) is 0 Å². The number of hydrogen-bond donors (Lipinski definition) is 3. The van der Waals surface area contributed by atoms with Crippen LogP contribution in [0.25, 0.3) is 0 Å². The molecule has 0 aromatic carbocycles. The van der Waals surface area contributed by atoms with E-state index in [4.69, 9.17) is 10.8 Å². The van der Waals surface area contributed by atoms with E-state index in [0.717, 1.165) is 22.8 Å². The fourth-order valence-electron chi connectivity index (χ4n) is 1.99. The molecular weight excluding hydrogens is 278 g/mol. The highest BCUT2D eigenvalue weighted by Gasteiger charge is 2.25. The topological polar surface area (TPSA) is 108 Å². The molecule has 0 saturated heterocycles. The summed E-state index contributed by atoms with van der Waals surface area (Å²) < 4.78 is 0. The van der Waals surface area contributed by atoms with Crippen molar-refractivity contribution in [2.24, 2.45) is 5.73 Å². The van der Waals surface area contributed by atoms with Gasteiger partial charge in [0.2, 0.25) is 0 Å². The van der Waals surface area contributed by atoms with Crippen molar-refractivity contribution in [1.82, 2.24) is 19.9 Å². The molecule has 1 atom stereocenters. The zero-order valence-electron chi connectivity index (χ0n) is 11.1. The normalized spacial score (nSPS) is 12.8. The second kappa shape index (κ2) is 6.60. The molecular formula is C12H17N5O2S. The highest BCUT2D eigenvalue weighted by molar-refractivity contribution is 7.09. The summed E-state index contributed by atoms with van der Waals surface area (Å²) in [6.45, 7) is 0.471. The van der Waals surface area contributed by atoms with Gasteiger partial charge in [0.25, 0.3) is 0 Å². The molecule has 0 radical (unpaired) electrons. The van der Waals surface area contributed by atoms with Crippen molar-refractivity contribution in [3.05, 3.63) is 34.3 Å². The molecule has 0 aliphatic rings. The van der Waals surface area contributed by atoms with Gasteiger partial charge >= 0.3 is 5.97 Å². The Kier molecular flexibility index (Phi) is 4.83. The van der Waals surface area contributed by atoms with E-state index in [-0.39, 0.29) is 12.6 Å². The summed E-state index contributed by atoms with van der Waals surface area (Å²) in [6, 6.07) is -0.245. The fraction of sp³-hybridized carbons (Fsp3) is 0.417. The molecule has 0 aliphatic carbocycles. The molecule has 7 nitrogen and oxygen atoms in total. The lowest BCUT2D eigenvalue weighted by molar-refractivity contribution is -0.138. The van der Waals surface area contributed by atoms with Crippen LogP contribution in [-0.2, 0) is 11.2 Å². The summed E-state index contributed by atoms with van der Waals surface area (Å²) in [6.07, 6.45) is 3.98. The molecule has 2 rings (SSSR count). The monoisotopic (exact) mass is 295 g/mol. The Bertz CT molecular complexity index is 554. The summed E-state index contributed by atoms with van der Waals surface area (Å²) in [7, 11) is 1.75. The minimum atomic E-state index is -0.879. The number of carboxylic acid groups (broad SMARTS) is 1. The zero-order valence-corrected chi connectivity index (χ0v) is 11.9. The molecule has 8 heteroatoms. The third-order valence-corrected chi connectivity index (χ3v) is 3.79. The molecule has 2 aromatic heterocycles. The summed E-state index contributed by atoms with van der Waals surface area (Å²) >= 11 is 1.50. The van der Waals surface area contributed by atoms with Gasteiger partial charge in [-0.15, -0.1) is 11.3 Å². The number of H-pyrrole nitrogens is 1. The highest BCUT2D eigenvalue weighted by Crippen LogP contribution is 2.28. The van der Waals surface area contributed by atoms with E-state index in [2.05, 4.69) is 15.0 Å². The number of thiazole rings is 1. The van der Waals surface area contributed by atoms with Gasteiger partial charge in [0.1, 0.15) is 11.0 Å². The van der Waals surface area contributed by atoms with Crippen LogP contribution in [0.5, 0.6) is 0 Å². The maximum atomic E-state index is 10.9. The van der Waals surface area contributed by atoms with Gasteiger partial charge in [-0.05, 0) is 13.6 Å². The minimum Gasteiger partial charge on any atom is -0.480 e. The van der Waals surface area contributed by atoms with Crippen LogP contribution in [-0.4, -0.2) is 51.1 Å². The Balaban J connectivity index is 2.28. The maximum Gasteiger partial charge on any atom is 0.317 e. The molecule has 2 aromatic rings. The first-order valence-electron chi connectivity index (χ1n) is 6.16. The molecule has 0 bridgehead atoms. The Morgan fingerprint density at radius 1 is 1.65 bits per heavy atom. The van der Waals surface area contributed by atoms with E-state index in [1.54, 1.807) is 24.5 Å². The van der Waals surface area contributed by atoms with Crippen molar-refractivity contribution in [1.29, 1.82) is 0 Å². The third kappa shape index (κ3) is 3.41. The molecule has 108 valence electrons. The van der Waals surface area contributed by atoms with Crippen LogP contribution in [0.1, 0.15) is 22.4 Å². The first-order chi connectivity index (χ1) is 9.61. The molecule has 20 heavy (non-hydrogen) atoms. The summed E-state index contributed by atoms with van der Waals surface area (Å²) in [5.74, 6) is -0.879. The molecule has 0 saturated carbocycles. The Hall–Kier alpha value is -1.77. The van der Waals surface area contributed by atoms with Gasteiger partial charge in [-0.25, -0.2) is 9.97 Å². The molecule has 0 aliphatic heterocycles. The summed E-state index contributed by atoms with van der Waals surface area (Å²) in [5.41, 5.74) is 7.28. The number of nitrogens with two attached hydrogens (primary N) is 1. The largest absolute Gasteiger partial charge is 0.480 e. The SMILES string of the molecule is CN(CC(=O)O)C(c1cnc[nH]1)c1nc(CCN)cs1. The second-order valence-corrected chi connectivity index (χ2v) is 5.32. The van der Waals surface area contributed by atoms with Crippen molar-refractivity contribution in [3.63, 3.8) is 0 Å². The van der Waals surface area contributed by atoms with Gasteiger partial charge in [0.15, 0.2) is 0 Å². The lowest BCUT2D eigenvalue weighted by Crippen LogP contribution is -2.31. The first kappa shape index (κ1) is 14.6. The van der Waals surface area contributed by atoms with Crippen LogP contribution in [0.15, 0.2) is 17.9 Å². The second-order valence-electron chi connectivity index (χ2n) is 4.43. The standard InChI is InChI=1S/C12H17N5O2S/c1-17(5-10(18)19)11(9-4-14-7-15-9)12-16-8(2-3-13)6-20-12/h4,6-7,11H,2-3,5,13H2,1H3,(H,14,15)(H,18,19). The molecule has 4 N–H and O–H groups in total. The number of nitrogens with zero attached hydrogens (tertiary/aromatic N) is 3. The van der Waals surface area contributed by atoms with Crippen LogP contribution in [0.3, 0.4) is 0 Å². The van der Waals surface area contributed by atoms with Crippen molar-refractivity contribution >= 4 is 17.3 Å². The van der Waals surface area contributed by atoms with E-state index in [1.165, 1.54) is 11.3 Å². The average molecular weight is 295 g/mol. The zero-order chi connectivity index (χ0) is 14.5. The molecule has 1 unspecified atom stereocenters. The van der Waals surface area contributed by atoms with Crippen LogP contribution < -0.4 is 5.73 Å². The Labute approximate surface area is 120 Å². The molecule has 0 spiro atoms. The van der Waals surface area contributed by atoms with Gasteiger partial charge in [-0.1, -0.05) is 0 Å². The quantitative estimate of drug-likeness (QED) is 0.685. The van der Waals surface area contributed by atoms with E-state index in [1.807, 2.05) is 5.38 Å². The van der Waals surface area contributed by atoms with Crippen molar-refractivity contribution in [3.8, 4) is 0 Å². The fourth-order valence-corrected chi connectivity index (χ4v) is 3.02. The van der Waals surface area contributed by atoms with E-state index in [9.17, 15) is 4.79 Å². The maximum absolute atomic E-state index is 10.9. The van der Waals surface area contributed by atoms with E-state index < -0.39 is 5.97 Å². The van der Waals surface area contributed by atoms with E-state index in [0.29, 0.717) is 6.54 Å². The van der Waals surface area contributed by atoms with Gasteiger partial charge in [0.05, 0.1) is 24.3 Å². The van der Waals surface area contributed by atoms with Crippen molar-refractivity contribution in [2.45, 2.75) is 12.5 Å². The number of aromatic nitrogens is 3. The highest BCUT2D eigenvalue weighted by atomic mass is 32.1. The van der Waals surface area contributed by atoms with Crippen LogP contribution in [0.2, 0.25) is 0 Å². The minimum absolute atomic E-state index is 0.0739. The third-order valence-electron chi connectivity index (χ3n) is 2.84.